The number of amides is 1. The summed E-state index contributed by atoms with van der Waals surface area (Å²) < 4.78 is 0. The second kappa shape index (κ2) is 5.99. The summed E-state index contributed by atoms with van der Waals surface area (Å²) in [7, 11) is 0. The number of hydrogen-bond donors (Lipinski definition) is 1. The standard InChI is InChI=1S/C15H20N6OS/c1-10-17-14(19-18-10)12-4-2-6-21(12)13(22)8-11-9-23-15-16-5-3-7-20(11)15/h9,12H,2-8H2,1H3,(H,17,18,19). The summed E-state index contributed by atoms with van der Waals surface area (Å²) in [6.45, 7) is 4.54. The number of likely N-dealkylation sites (tertiary alicyclic amines) is 1. The molecule has 1 aromatic heterocycles. The third-order valence-corrected chi connectivity index (χ3v) is 5.43. The monoisotopic (exact) mass is 332 g/mol. The molecule has 23 heavy (non-hydrogen) atoms. The molecule has 1 unspecified atom stereocenters. The molecule has 7 nitrogen and oxygen atoms in total. The van der Waals surface area contributed by atoms with Gasteiger partial charge in [0.2, 0.25) is 5.91 Å². The Hall–Kier alpha value is -1.83. The molecule has 0 saturated carbocycles. The van der Waals surface area contributed by atoms with Crippen LogP contribution in [0.2, 0.25) is 0 Å². The van der Waals surface area contributed by atoms with Crippen LogP contribution < -0.4 is 0 Å². The SMILES string of the molecule is Cc1nc(C2CCCN2C(=O)CC2=CSC3=NCCCN23)n[nH]1. The molecule has 8 heteroatoms. The number of amidine groups is 1. The van der Waals surface area contributed by atoms with Crippen molar-refractivity contribution in [2.45, 2.75) is 38.6 Å². The van der Waals surface area contributed by atoms with Gasteiger partial charge >= 0.3 is 0 Å². The summed E-state index contributed by atoms with van der Waals surface area (Å²) >= 11 is 1.63. The minimum atomic E-state index is 0.0107. The topological polar surface area (TPSA) is 77.5 Å². The molecule has 1 aromatic rings. The van der Waals surface area contributed by atoms with Gasteiger partial charge in [0, 0.05) is 25.3 Å². The molecular formula is C15H20N6OS. The summed E-state index contributed by atoms with van der Waals surface area (Å²) in [5.41, 5.74) is 1.08. The van der Waals surface area contributed by atoms with E-state index in [2.05, 4.69) is 30.5 Å². The quantitative estimate of drug-likeness (QED) is 0.913. The molecule has 3 aliphatic rings. The van der Waals surface area contributed by atoms with E-state index in [0.29, 0.717) is 6.42 Å². The number of carbonyl (C=O) groups is 1. The minimum Gasteiger partial charge on any atom is -0.332 e. The zero-order chi connectivity index (χ0) is 15.8. The first-order chi connectivity index (χ1) is 11.2. The maximum atomic E-state index is 12.8. The Morgan fingerprint density at radius 1 is 1.43 bits per heavy atom. The van der Waals surface area contributed by atoms with Gasteiger partial charge in [-0.1, -0.05) is 11.8 Å². The van der Waals surface area contributed by atoms with Crippen LogP contribution in [0.15, 0.2) is 16.1 Å². The predicted octanol–water partition coefficient (Wildman–Crippen LogP) is 1.82. The summed E-state index contributed by atoms with van der Waals surface area (Å²) in [5, 5.41) is 10.2. The largest absolute Gasteiger partial charge is 0.332 e. The zero-order valence-corrected chi connectivity index (χ0v) is 14.0. The van der Waals surface area contributed by atoms with E-state index in [1.807, 2.05) is 11.8 Å². The minimum absolute atomic E-state index is 0.0107. The lowest BCUT2D eigenvalue weighted by Gasteiger charge is -2.27. The number of aromatic amines is 1. The van der Waals surface area contributed by atoms with Gasteiger partial charge in [-0.25, -0.2) is 4.98 Å². The highest BCUT2D eigenvalue weighted by atomic mass is 32.2. The molecule has 0 bridgehead atoms. The Labute approximate surface area is 139 Å². The molecule has 1 N–H and O–H groups in total. The van der Waals surface area contributed by atoms with Crippen LogP contribution in [0.3, 0.4) is 0 Å². The van der Waals surface area contributed by atoms with Crippen LogP contribution in [0, 0.1) is 6.92 Å². The van der Waals surface area contributed by atoms with Gasteiger partial charge in [0.15, 0.2) is 11.0 Å². The average Bonchev–Trinajstić information content (AvgIpc) is 3.26. The second-order valence-electron chi connectivity index (χ2n) is 6.10. The second-order valence-corrected chi connectivity index (χ2v) is 6.93. The molecule has 0 aromatic carbocycles. The number of hydrogen-bond acceptors (Lipinski definition) is 6. The van der Waals surface area contributed by atoms with E-state index < -0.39 is 0 Å². The number of aliphatic imine (C=N–C) groups is 1. The first-order valence-corrected chi connectivity index (χ1v) is 8.96. The van der Waals surface area contributed by atoms with Crippen LogP contribution in [0.25, 0.3) is 0 Å². The molecular weight excluding hydrogens is 312 g/mol. The molecule has 1 amide bonds. The Morgan fingerprint density at radius 2 is 2.35 bits per heavy atom. The summed E-state index contributed by atoms with van der Waals surface area (Å²) in [6.07, 6.45) is 3.44. The van der Waals surface area contributed by atoms with Gasteiger partial charge in [-0.2, -0.15) is 5.10 Å². The van der Waals surface area contributed by atoms with Crippen molar-refractivity contribution in [3.8, 4) is 0 Å². The first-order valence-electron chi connectivity index (χ1n) is 8.08. The number of aromatic nitrogens is 3. The number of thioether (sulfide) groups is 1. The fraction of sp³-hybridized carbons (Fsp3) is 0.600. The molecule has 1 saturated heterocycles. The first kappa shape index (κ1) is 14.7. The summed E-state index contributed by atoms with van der Waals surface area (Å²) in [5.74, 6) is 1.69. The van der Waals surface area contributed by atoms with Crippen molar-refractivity contribution in [2.24, 2.45) is 4.99 Å². The summed E-state index contributed by atoms with van der Waals surface area (Å²) in [4.78, 5) is 25.9. The van der Waals surface area contributed by atoms with E-state index in [4.69, 9.17) is 0 Å². The molecule has 1 fully saturated rings. The normalized spacial score (nSPS) is 23.8. The lowest BCUT2D eigenvalue weighted by atomic mass is 10.2. The molecule has 122 valence electrons. The lowest BCUT2D eigenvalue weighted by Crippen LogP contribution is -2.35. The number of nitrogens with one attached hydrogen (secondary N) is 1. The molecule has 0 aliphatic carbocycles. The van der Waals surface area contributed by atoms with Gasteiger partial charge < -0.3 is 9.80 Å². The Kier molecular flexibility index (Phi) is 3.84. The third kappa shape index (κ3) is 2.75. The van der Waals surface area contributed by atoms with Gasteiger partial charge in [-0.15, -0.1) is 0 Å². The van der Waals surface area contributed by atoms with Crippen LogP contribution in [0.4, 0.5) is 0 Å². The third-order valence-electron chi connectivity index (χ3n) is 4.48. The Balaban J connectivity index is 1.46. The fourth-order valence-electron chi connectivity index (χ4n) is 3.37. The number of nitrogens with zero attached hydrogens (tertiary/aromatic N) is 5. The van der Waals surface area contributed by atoms with E-state index in [1.165, 1.54) is 0 Å². The number of H-pyrrole nitrogens is 1. The van der Waals surface area contributed by atoms with E-state index in [1.54, 1.807) is 11.8 Å². The molecule has 3 aliphatic heterocycles. The lowest BCUT2D eigenvalue weighted by molar-refractivity contribution is -0.131. The maximum absolute atomic E-state index is 12.8. The van der Waals surface area contributed by atoms with Crippen LogP contribution in [-0.2, 0) is 4.79 Å². The van der Waals surface area contributed by atoms with Crippen LogP contribution >= 0.6 is 11.8 Å². The smallest absolute Gasteiger partial charge is 0.229 e. The van der Waals surface area contributed by atoms with Crippen molar-refractivity contribution in [3.63, 3.8) is 0 Å². The number of rotatable bonds is 3. The molecule has 4 rings (SSSR count). The van der Waals surface area contributed by atoms with E-state index in [-0.39, 0.29) is 11.9 Å². The Morgan fingerprint density at radius 3 is 3.17 bits per heavy atom. The van der Waals surface area contributed by atoms with Crippen LogP contribution in [-0.4, -0.2) is 55.7 Å². The van der Waals surface area contributed by atoms with Crippen molar-refractivity contribution in [2.75, 3.05) is 19.6 Å². The van der Waals surface area contributed by atoms with Crippen molar-refractivity contribution in [1.29, 1.82) is 0 Å². The van der Waals surface area contributed by atoms with Gasteiger partial charge in [-0.3, -0.25) is 14.9 Å². The highest BCUT2D eigenvalue weighted by Crippen LogP contribution is 2.34. The average molecular weight is 332 g/mol. The van der Waals surface area contributed by atoms with E-state index >= 15 is 0 Å². The van der Waals surface area contributed by atoms with Gasteiger partial charge in [0.1, 0.15) is 5.82 Å². The molecule has 4 heterocycles. The predicted molar refractivity (Wildman–Crippen MR) is 88.7 cm³/mol. The van der Waals surface area contributed by atoms with Gasteiger partial charge in [0.25, 0.3) is 0 Å². The van der Waals surface area contributed by atoms with Crippen molar-refractivity contribution < 1.29 is 4.79 Å². The van der Waals surface area contributed by atoms with E-state index in [9.17, 15) is 4.79 Å². The van der Waals surface area contributed by atoms with Crippen molar-refractivity contribution >= 4 is 22.8 Å². The number of fused-ring (bicyclic) bond motifs is 1. The highest BCUT2D eigenvalue weighted by molar-refractivity contribution is 8.16. The summed E-state index contributed by atoms with van der Waals surface area (Å²) in [6, 6.07) is 0.0107. The molecule has 0 radical (unpaired) electrons. The maximum Gasteiger partial charge on any atom is 0.229 e. The van der Waals surface area contributed by atoms with Crippen molar-refractivity contribution in [3.05, 3.63) is 22.8 Å². The fourth-order valence-corrected chi connectivity index (χ4v) is 4.33. The van der Waals surface area contributed by atoms with E-state index in [0.717, 1.165) is 61.4 Å². The zero-order valence-electron chi connectivity index (χ0n) is 13.2. The van der Waals surface area contributed by atoms with Crippen LogP contribution in [0.5, 0.6) is 0 Å². The van der Waals surface area contributed by atoms with Gasteiger partial charge in [0.05, 0.1) is 12.5 Å². The van der Waals surface area contributed by atoms with Crippen LogP contribution in [0.1, 0.15) is 43.4 Å². The number of aryl methyl sites for hydroxylation is 1. The van der Waals surface area contributed by atoms with Crippen molar-refractivity contribution in [1.82, 2.24) is 25.0 Å². The number of carbonyl (C=O) groups excluding carboxylic acids is 1. The molecule has 0 spiro atoms. The Bertz CT molecular complexity index is 681. The van der Waals surface area contributed by atoms with Gasteiger partial charge in [-0.05, 0) is 31.6 Å². The molecule has 1 atom stereocenters. The highest BCUT2D eigenvalue weighted by Gasteiger charge is 2.34.